The summed E-state index contributed by atoms with van der Waals surface area (Å²) in [7, 11) is 0. The van der Waals surface area contributed by atoms with Crippen molar-refractivity contribution in [3.8, 4) is 0 Å². The zero-order chi connectivity index (χ0) is 16.6. The Morgan fingerprint density at radius 1 is 0.783 bits per heavy atom. The smallest absolute Gasteiger partial charge is 0.303 e. The van der Waals surface area contributed by atoms with E-state index in [1.165, 1.54) is 56.1 Å². The van der Waals surface area contributed by atoms with Gasteiger partial charge in [0.05, 0.1) is 0 Å². The normalized spacial score (nSPS) is 9.52. The van der Waals surface area contributed by atoms with Crippen molar-refractivity contribution in [1.29, 1.82) is 0 Å². The molecule has 0 heterocycles. The van der Waals surface area contributed by atoms with Crippen LogP contribution in [0.3, 0.4) is 0 Å². The Morgan fingerprint density at radius 2 is 1.13 bits per heavy atom. The quantitative estimate of drug-likeness (QED) is 0.387. The molecule has 1 aromatic carbocycles. The summed E-state index contributed by atoms with van der Waals surface area (Å²) in [6.07, 6.45) is 11.5. The molecule has 0 aliphatic rings. The van der Waals surface area contributed by atoms with Crippen LogP contribution < -0.4 is 0 Å². The molecule has 1 rings (SSSR count). The van der Waals surface area contributed by atoms with Crippen LogP contribution >= 0.6 is 0 Å². The van der Waals surface area contributed by atoms with E-state index < -0.39 is 5.97 Å². The Bertz CT molecular complexity index is 353. The van der Waals surface area contributed by atoms with Crippen molar-refractivity contribution in [1.82, 2.24) is 0 Å². The average molecular weight is 372 g/mol. The zero-order valence-electron chi connectivity index (χ0n) is 15.4. The van der Waals surface area contributed by atoms with Gasteiger partial charge in [-0.25, -0.2) is 0 Å². The number of carboxylic acid groups (broad SMARTS) is 1. The fourth-order valence-corrected chi connectivity index (χ4v) is 2.22. The summed E-state index contributed by atoms with van der Waals surface area (Å²) in [4.78, 5) is 10.2. The van der Waals surface area contributed by atoms with Crippen molar-refractivity contribution in [2.75, 3.05) is 0 Å². The molecule has 0 unspecified atom stereocenters. The maximum Gasteiger partial charge on any atom is 0.303 e. The molecule has 1 aromatic rings. The first-order chi connectivity index (χ1) is 10.6. The van der Waals surface area contributed by atoms with Crippen LogP contribution in [-0.4, -0.2) is 11.1 Å². The van der Waals surface area contributed by atoms with Gasteiger partial charge in [-0.3, -0.25) is 4.79 Å². The van der Waals surface area contributed by atoms with E-state index in [4.69, 9.17) is 5.11 Å². The summed E-state index contributed by atoms with van der Waals surface area (Å²) in [6.45, 7) is 6.42. The number of unbranched alkanes of at least 4 members (excludes halogenated alkanes) is 8. The Morgan fingerprint density at radius 3 is 1.48 bits per heavy atom. The van der Waals surface area contributed by atoms with Gasteiger partial charge in [-0.2, -0.15) is 0 Å². The second-order valence-electron chi connectivity index (χ2n) is 6.13. The van der Waals surface area contributed by atoms with Gasteiger partial charge in [-0.1, -0.05) is 93.7 Å². The third-order valence-corrected chi connectivity index (χ3v) is 3.71. The fourth-order valence-electron chi connectivity index (χ4n) is 2.22. The molecular weight excluding hydrogens is 338 g/mol. The van der Waals surface area contributed by atoms with E-state index in [1.807, 2.05) is 0 Å². The van der Waals surface area contributed by atoms with E-state index in [-0.39, 0.29) is 19.5 Å². The van der Waals surface area contributed by atoms with Crippen molar-refractivity contribution in [2.45, 2.75) is 85.0 Å². The van der Waals surface area contributed by atoms with Gasteiger partial charge in [-0.15, -0.1) is 0 Å². The minimum atomic E-state index is -0.659. The van der Waals surface area contributed by atoms with Crippen LogP contribution in [-0.2, 0) is 24.3 Å². The molecule has 23 heavy (non-hydrogen) atoms. The predicted octanol–water partition coefficient (Wildman–Crippen LogP) is 6.29. The van der Waals surface area contributed by atoms with E-state index in [2.05, 4.69) is 45.0 Å². The van der Waals surface area contributed by atoms with E-state index in [0.29, 0.717) is 6.42 Å². The molecule has 0 fully saturated rings. The molecule has 0 saturated heterocycles. The number of benzene rings is 1. The van der Waals surface area contributed by atoms with Crippen LogP contribution in [0.15, 0.2) is 24.3 Å². The molecule has 0 radical (unpaired) electrons. The van der Waals surface area contributed by atoms with Crippen molar-refractivity contribution >= 4 is 5.97 Å². The summed E-state index contributed by atoms with van der Waals surface area (Å²) >= 11 is 0. The number of carboxylic acids is 1. The third-order valence-electron chi connectivity index (χ3n) is 3.71. The third kappa shape index (κ3) is 19.3. The molecule has 3 heteroatoms. The largest absolute Gasteiger partial charge is 0.481 e. The molecule has 128 valence electrons. The number of aliphatic carboxylic acids is 1. The molecule has 0 atom stereocenters. The van der Waals surface area contributed by atoms with E-state index >= 15 is 0 Å². The van der Waals surface area contributed by atoms with E-state index in [1.54, 1.807) is 0 Å². The van der Waals surface area contributed by atoms with Crippen LogP contribution in [0.4, 0.5) is 0 Å². The second kappa shape index (κ2) is 17.7. The topological polar surface area (TPSA) is 37.3 Å². The standard InChI is InChI=1S/C12H24O2.C8H10.Zn/c1-2-3-4-5-6-7-8-9-10-11-12(13)14;1-7-3-5-8(2)6-4-7;/h2-11H2,1H3,(H,13,14);3-6H,1-2H3;. The van der Waals surface area contributed by atoms with Gasteiger partial charge in [-0.05, 0) is 20.3 Å². The molecule has 0 spiro atoms. The first kappa shape index (κ1) is 24.6. The van der Waals surface area contributed by atoms with E-state index in [9.17, 15) is 4.79 Å². The van der Waals surface area contributed by atoms with Gasteiger partial charge < -0.3 is 5.11 Å². The monoisotopic (exact) mass is 370 g/mol. The zero-order valence-corrected chi connectivity index (χ0v) is 18.4. The Balaban J connectivity index is 0. The number of hydrogen-bond donors (Lipinski definition) is 1. The molecule has 1 N–H and O–H groups in total. The number of carbonyl (C=O) groups is 1. The Kier molecular flexibility index (Phi) is 18.9. The van der Waals surface area contributed by atoms with Crippen LogP contribution in [0.25, 0.3) is 0 Å². The summed E-state index contributed by atoms with van der Waals surface area (Å²) < 4.78 is 0. The first-order valence-electron chi connectivity index (χ1n) is 8.81. The molecule has 0 bridgehead atoms. The van der Waals surface area contributed by atoms with Gasteiger partial charge in [0.15, 0.2) is 0 Å². The van der Waals surface area contributed by atoms with Gasteiger partial charge in [0.1, 0.15) is 0 Å². The van der Waals surface area contributed by atoms with Gasteiger partial charge in [0.25, 0.3) is 0 Å². The second-order valence-corrected chi connectivity index (χ2v) is 6.13. The minimum absolute atomic E-state index is 0. The van der Waals surface area contributed by atoms with Crippen LogP contribution in [0.5, 0.6) is 0 Å². The number of hydrogen-bond acceptors (Lipinski definition) is 1. The van der Waals surface area contributed by atoms with Crippen LogP contribution in [0.1, 0.15) is 82.3 Å². The van der Waals surface area contributed by atoms with Crippen molar-refractivity contribution in [2.24, 2.45) is 0 Å². The Labute approximate surface area is 155 Å². The van der Waals surface area contributed by atoms with Crippen LogP contribution in [0, 0.1) is 13.8 Å². The van der Waals surface area contributed by atoms with Crippen LogP contribution in [0.2, 0.25) is 0 Å². The summed E-state index contributed by atoms with van der Waals surface area (Å²) in [5.41, 5.74) is 2.66. The number of rotatable bonds is 10. The van der Waals surface area contributed by atoms with Crippen molar-refractivity contribution < 1.29 is 29.4 Å². The predicted molar refractivity (Wildman–Crippen MR) is 95.4 cm³/mol. The van der Waals surface area contributed by atoms with Gasteiger partial charge in [0, 0.05) is 25.9 Å². The molecule has 2 nitrogen and oxygen atoms in total. The van der Waals surface area contributed by atoms with Gasteiger partial charge in [0.2, 0.25) is 0 Å². The van der Waals surface area contributed by atoms with Crippen molar-refractivity contribution in [3.63, 3.8) is 0 Å². The maximum absolute atomic E-state index is 10.2. The SMILES string of the molecule is CCCCCCCCCCCC(=O)O.Cc1ccc(C)cc1.[Zn]. The summed E-state index contributed by atoms with van der Waals surface area (Å²) in [5.74, 6) is -0.659. The fraction of sp³-hybridized carbons (Fsp3) is 0.650. The average Bonchev–Trinajstić information content (AvgIpc) is 2.49. The van der Waals surface area contributed by atoms with E-state index in [0.717, 1.165) is 12.8 Å². The number of aryl methyl sites for hydroxylation is 2. The molecule has 0 aliphatic carbocycles. The maximum atomic E-state index is 10.2. The molecular formula is C20H34O2Zn. The van der Waals surface area contributed by atoms with Gasteiger partial charge >= 0.3 is 5.97 Å². The summed E-state index contributed by atoms with van der Waals surface area (Å²) in [6, 6.07) is 8.48. The summed E-state index contributed by atoms with van der Waals surface area (Å²) in [5, 5.41) is 8.41. The molecule has 0 aromatic heterocycles. The van der Waals surface area contributed by atoms with Crippen molar-refractivity contribution in [3.05, 3.63) is 35.4 Å². The molecule has 0 saturated carbocycles. The Hall–Kier alpha value is -0.687. The molecule has 0 aliphatic heterocycles. The molecule has 0 amide bonds. The minimum Gasteiger partial charge on any atom is -0.481 e. The first-order valence-corrected chi connectivity index (χ1v) is 8.81.